The number of hydrogen-bond acceptors (Lipinski definition) is 6. The first-order chi connectivity index (χ1) is 20.4. The molecule has 4 aromatic rings. The highest BCUT2D eigenvalue weighted by Crippen LogP contribution is 2.46. The molecule has 0 radical (unpaired) electrons. The Kier molecular flexibility index (Phi) is 8.50. The number of amides is 1. The number of ether oxygens (including phenoxy) is 2. The summed E-state index contributed by atoms with van der Waals surface area (Å²) < 4.78 is 75.9. The van der Waals surface area contributed by atoms with E-state index in [1.54, 1.807) is 19.9 Å². The second-order valence-electron chi connectivity index (χ2n) is 10.5. The summed E-state index contributed by atoms with van der Waals surface area (Å²) in [5.74, 6) is -1.66. The number of carbonyl (C=O) groups excluding carboxylic acids is 1. The Bertz CT molecular complexity index is 1650. The van der Waals surface area contributed by atoms with E-state index in [4.69, 9.17) is 4.74 Å². The average Bonchev–Trinajstić information content (AvgIpc) is 3.81. The van der Waals surface area contributed by atoms with Gasteiger partial charge in [-0.1, -0.05) is 0 Å². The molecule has 0 unspecified atom stereocenters. The lowest BCUT2D eigenvalue weighted by atomic mass is 9.90. The maximum atomic E-state index is 13.6. The normalized spacial score (nSPS) is 14.7. The number of pyridine rings is 2. The van der Waals surface area contributed by atoms with Crippen molar-refractivity contribution in [2.75, 3.05) is 13.2 Å². The number of aryl methyl sites for hydroxylation is 2. The summed E-state index contributed by atoms with van der Waals surface area (Å²) in [6.45, 7) is -0.945. The van der Waals surface area contributed by atoms with E-state index in [1.165, 1.54) is 42.6 Å². The molecule has 43 heavy (non-hydrogen) atoms. The van der Waals surface area contributed by atoms with Crippen molar-refractivity contribution in [2.45, 2.75) is 45.3 Å². The molecule has 5 rings (SSSR count). The van der Waals surface area contributed by atoms with Gasteiger partial charge >= 0.3 is 6.61 Å². The molecule has 0 aliphatic heterocycles. The first-order valence-electron chi connectivity index (χ1n) is 13.5. The number of halogens is 5. The van der Waals surface area contributed by atoms with E-state index < -0.39 is 37.0 Å². The molecular formula is C31H28F5N3O4. The van der Waals surface area contributed by atoms with Gasteiger partial charge in [0.25, 0.3) is 12.3 Å². The molecule has 2 N–H and O–H groups in total. The van der Waals surface area contributed by atoms with Gasteiger partial charge in [0, 0.05) is 22.7 Å². The van der Waals surface area contributed by atoms with Crippen molar-refractivity contribution in [1.82, 2.24) is 15.3 Å². The number of carbonyl (C=O) groups is 1. The number of rotatable bonds is 11. The molecule has 1 aliphatic carbocycles. The summed E-state index contributed by atoms with van der Waals surface area (Å²) in [5, 5.41) is 15.0. The van der Waals surface area contributed by atoms with E-state index in [0.717, 1.165) is 11.6 Å². The predicted molar refractivity (Wildman–Crippen MR) is 148 cm³/mol. The van der Waals surface area contributed by atoms with Crippen LogP contribution < -0.4 is 14.8 Å². The lowest BCUT2D eigenvalue weighted by Crippen LogP contribution is -2.43. The Hall–Kier alpha value is -4.32. The molecule has 1 amide bonds. The molecule has 7 nitrogen and oxygen atoms in total. The van der Waals surface area contributed by atoms with Crippen LogP contribution in [0.1, 0.15) is 40.0 Å². The minimum atomic E-state index is -3.14. The van der Waals surface area contributed by atoms with Crippen molar-refractivity contribution in [1.29, 1.82) is 0 Å². The Balaban J connectivity index is 1.48. The van der Waals surface area contributed by atoms with Gasteiger partial charge in [-0.2, -0.15) is 8.78 Å². The molecular weight excluding hydrogens is 573 g/mol. The Labute approximate surface area is 243 Å². The van der Waals surface area contributed by atoms with Gasteiger partial charge in [-0.25, -0.2) is 18.2 Å². The van der Waals surface area contributed by atoms with Crippen LogP contribution in [0, 0.1) is 25.6 Å². The summed E-state index contributed by atoms with van der Waals surface area (Å²) in [4.78, 5) is 22.0. The van der Waals surface area contributed by atoms with E-state index in [1.807, 2.05) is 0 Å². The van der Waals surface area contributed by atoms with Crippen LogP contribution in [0.3, 0.4) is 0 Å². The average molecular weight is 602 g/mol. The van der Waals surface area contributed by atoms with Crippen LogP contribution in [0.15, 0.2) is 54.7 Å². The molecule has 1 fully saturated rings. The number of hydrogen-bond donors (Lipinski definition) is 2. The molecule has 2 heterocycles. The summed E-state index contributed by atoms with van der Waals surface area (Å²) in [6.07, 6.45) is 0.0150. The number of aromatic nitrogens is 2. The Morgan fingerprint density at radius 1 is 1.09 bits per heavy atom. The molecule has 12 heteroatoms. The molecule has 2 aromatic heterocycles. The number of fused-ring (bicyclic) bond motifs is 1. The quantitative estimate of drug-likeness (QED) is 0.195. The molecule has 1 atom stereocenters. The second-order valence-corrected chi connectivity index (χ2v) is 10.5. The number of nitrogens with one attached hydrogen (secondary N) is 1. The van der Waals surface area contributed by atoms with Crippen LogP contribution in [-0.2, 0) is 5.60 Å². The number of alkyl halides is 4. The largest absolute Gasteiger partial charge is 0.485 e. The van der Waals surface area contributed by atoms with Crippen LogP contribution in [-0.4, -0.2) is 47.2 Å². The maximum absolute atomic E-state index is 13.6. The van der Waals surface area contributed by atoms with Gasteiger partial charge < -0.3 is 19.9 Å². The zero-order valence-electron chi connectivity index (χ0n) is 23.2. The monoisotopic (exact) mass is 601 g/mol. The van der Waals surface area contributed by atoms with E-state index in [2.05, 4.69) is 20.0 Å². The molecule has 226 valence electrons. The molecule has 1 saturated carbocycles. The topological polar surface area (TPSA) is 93.6 Å². The first-order valence-corrected chi connectivity index (χ1v) is 13.5. The van der Waals surface area contributed by atoms with E-state index in [-0.39, 0.29) is 46.4 Å². The maximum Gasteiger partial charge on any atom is 0.387 e. The highest BCUT2D eigenvalue weighted by Gasteiger charge is 2.47. The first kappa shape index (κ1) is 30.1. The van der Waals surface area contributed by atoms with E-state index in [9.17, 15) is 31.9 Å². The zero-order valence-corrected chi connectivity index (χ0v) is 23.2. The molecule has 0 bridgehead atoms. The van der Waals surface area contributed by atoms with Crippen molar-refractivity contribution in [3.8, 4) is 22.8 Å². The lowest BCUT2D eigenvalue weighted by Gasteiger charge is -2.29. The third-order valence-corrected chi connectivity index (χ3v) is 7.21. The van der Waals surface area contributed by atoms with Crippen LogP contribution >= 0.6 is 0 Å². The zero-order chi connectivity index (χ0) is 30.9. The van der Waals surface area contributed by atoms with Crippen molar-refractivity contribution in [2.24, 2.45) is 5.92 Å². The second kappa shape index (κ2) is 12.1. The SMILES string of the molecule is Cc1cnc2c(OC(F)F)cc(C(=O)NC[C@](O)(c3cc(C)c(OCC(F)F)c(-c4ccc(F)cc4)n3)C3CC3)cc2c1. The van der Waals surface area contributed by atoms with Crippen LogP contribution in [0.2, 0.25) is 0 Å². The fraction of sp³-hybridized carbons (Fsp3) is 0.323. The fourth-order valence-corrected chi connectivity index (χ4v) is 4.98. The number of nitrogens with zero attached hydrogens (tertiary/aromatic N) is 2. The van der Waals surface area contributed by atoms with Gasteiger partial charge in [-0.05, 0) is 92.3 Å². The van der Waals surface area contributed by atoms with Crippen molar-refractivity contribution >= 4 is 16.8 Å². The third-order valence-electron chi connectivity index (χ3n) is 7.21. The smallest absolute Gasteiger partial charge is 0.387 e. The predicted octanol–water partition coefficient (Wildman–Crippen LogP) is 6.33. The van der Waals surface area contributed by atoms with Crippen molar-refractivity contribution in [3.63, 3.8) is 0 Å². The van der Waals surface area contributed by atoms with Gasteiger partial charge in [0.15, 0.2) is 5.75 Å². The summed E-state index contributed by atoms with van der Waals surface area (Å²) in [6, 6.07) is 11.1. The van der Waals surface area contributed by atoms with E-state index >= 15 is 0 Å². The Morgan fingerprint density at radius 2 is 1.81 bits per heavy atom. The number of aliphatic hydroxyl groups is 1. The highest BCUT2D eigenvalue weighted by molar-refractivity contribution is 6.00. The summed E-state index contributed by atoms with van der Waals surface area (Å²) in [7, 11) is 0. The summed E-state index contributed by atoms with van der Waals surface area (Å²) >= 11 is 0. The van der Waals surface area contributed by atoms with Gasteiger partial charge in [-0.3, -0.25) is 9.78 Å². The van der Waals surface area contributed by atoms with Gasteiger partial charge in [0.1, 0.15) is 35.0 Å². The van der Waals surface area contributed by atoms with Crippen LogP contribution in [0.4, 0.5) is 22.0 Å². The Morgan fingerprint density at radius 3 is 2.47 bits per heavy atom. The van der Waals surface area contributed by atoms with Gasteiger partial charge in [0.05, 0.1) is 12.2 Å². The molecule has 0 spiro atoms. The van der Waals surface area contributed by atoms with E-state index in [0.29, 0.717) is 29.4 Å². The van der Waals surface area contributed by atoms with Gasteiger partial charge in [-0.15, -0.1) is 0 Å². The highest BCUT2D eigenvalue weighted by atomic mass is 19.3. The summed E-state index contributed by atoms with van der Waals surface area (Å²) in [5.41, 5.74) is 0.332. The van der Waals surface area contributed by atoms with Crippen LogP contribution in [0.25, 0.3) is 22.2 Å². The lowest BCUT2D eigenvalue weighted by molar-refractivity contribution is -0.0489. The van der Waals surface area contributed by atoms with Gasteiger partial charge in [0.2, 0.25) is 0 Å². The third kappa shape index (κ3) is 6.69. The van der Waals surface area contributed by atoms with Crippen molar-refractivity contribution < 1.29 is 41.3 Å². The molecule has 2 aromatic carbocycles. The molecule has 1 aliphatic rings. The minimum absolute atomic E-state index is 0.0144. The fourth-order valence-electron chi connectivity index (χ4n) is 4.98. The molecule has 0 saturated heterocycles. The van der Waals surface area contributed by atoms with Crippen molar-refractivity contribution in [3.05, 3.63) is 82.9 Å². The van der Waals surface area contributed by atoms with Crippen LogP contribution in [0.5, 0.6) is 11.5 Å². The standard InChI is InChI=1S/C31H28F5N3O4/c1-16-9-19-11-20(12-23(43-30(35)36)26(19)37-13-16)29(40)38-15-31(41,21-5-6-21)24-10-17(2)28(42-14-25(33)34)27(39-24)18-3-7-22(32)8-4-18/h3-4,7-13,21,25,30,41H,5-6,14-15H2,1-2H3,(H,38,40)/t31-/m1/s1. The minimum Gasteiger partial charge on any atom is -0.485 e. The number of benzene rings is 2.